The van der Waals surface area contributed by atoms with Crippen LogP contribution >= 0.6 is 45.2 Å². The molecular formula is C16H15I2NO3. The molecule has 0 spiro atoms. The molecule has 2 N–H and O–H groups in total. The van der Waals surface area contributed by atoms with Crippen molar-refractivity contribution < 1.29 is 14.6 Å². The predicted octanol–water partition coefficient (Wildman–Crippen LogP) is 4.07. The molecular weight excluding hydrogens is 508 g/mol. The summed E-state index contributed by atoms with van der Waals surface area (Å²) in [6, 6.07) is 10.5. The van der Waals surface area contributed by atoms with Crippen molar-refractivity contribution in [3.63, 3.8) is 0 Å². The third kappa shape index (κ3) is 4.73. The topological polar surface area (TPSA) is 58.6 Å². The van der Waals surface area contributed by atoms with E-state index in [1.165, 1.54) is 0 Å². The predicted molar refractivity (Wildman–Crippen MR) is 102 cm³/mol. The lowest BCUT2D eigenvalue weighted by atomic mass is 10.1. The lowest BCUT2D eigenvalue weighted by molar-refractivity contribution is -0.120. The van der Waals surface area contributed by atoms with Crippen LogP contribution in [0.2, 0.25) is 0 Å². The number of carbonyl (C=O) groups excluding carboxylic acids is 1. The molecule has 0 aromatic heterocycles. The first-order chi connectivity index (χ1) is 10.5. The zero-order chi connectivity index (χ0) is 16.1. The van der Waals surface area contributed by atoms with Crippen LogP contribution in [-0.4, -0.2) is 17.6 Å². The van der Waals surface area contributed by atoms with Crippen LogP contribution in [0, 0.1) is 7.14 Å². The van der Waals surface area contributed by atoms with Gasteiger partial charge in [0.25, 0.3) is 0 Å². The van der Waals surface area contributed by atoms with Gasteiger partial charge < -0.3 is 15.2 Å². The van der Waals surface area contributed by atoms with Crippen molar-refractivity contribution in [1.29, 1.82) is 0 Å². The van der Waals surface area contributed by atoms with Gasteiger partial charge in [0.1, 0.15) is 11.5 Å². The van der Waals surface area contributed by atoms with Crippen LogP contribution in [0.5, 0.6) is 17.2 Å². The van der Waals surface area contributed by atoms with E-state index in [4.69, 9.17) is 4.74 Å². The number of carbonyl (C=O) groups is 1. The molecule has 22 heavy (non-hydrogen) atoms. The summed E-state index contributed by atoms with van der Waals surface area (Å²) >= 11 is 4.40. The van der Waals surface area contributed by atoms with Gasteiger partial charge in [0, 0.05) is 6.54 Å². The number of aromatic hydroxyl groups is 1. The average molecular weight is 523 g/mol. The number of phenolic OH excluding ortho intramolecular Hbond substituents is 1. The van der Waals surface area contributed by atoms with E-state index in [2.05, 4.69) is 50.5 Å². The third-order valence-electron chi connectivity index (χ3n) is 2.85. The van der Waals surface area contributed by atoms with Gasteiger partial charge in [-0.15, -0.1) is 0 Å². The molecule has 0 aliphatic rings. The summed E-state index contributed by atoms with van der Waals surface area (Å²) in [7, 11) is 0. The Bertz CT molecular complexity index is 649. The fourth-order valence-electron chi connectivity index (χ4n) is 1.89. The number of phenols is 1. The van der Waals surface area contributed by atoms with Gasteiger partial charge >= 0.3 is 0 Å². The lowest BCUT2D eigenvalue weighted by Gasteiger charge is -2.12. The van der Waals surface area contributed by atoms with Gasteiger partial charge in [-0.1, -0.05) is 0 Å². The molecule has 0 aliphatic heterocycles. The highest BCUT2D eigenvalue weighted by atomic mass is 127. The first kappa shape index (κ1) is 17.3. The molecule has 0 saturated heterocycles. The number of amides is 1. The van der Waals surface area contributed by atoms with Crippen molar-refractivity contribution in [2.24, 2.45) is 0 Å². The second-order valence-electron chi connectivity index (χ2n) is 4.61. The van der Waals surface area contributed by atoms with Crippen LogP contribution < -0.4 is 10.1 Å². The normalized spacial score (nSPS) is 10.3. The highest BCUT2D eigenvalue weighted by Crippen LogP contribution is 2.33. The Morgan fingerprint density at radius 1 is 1.18 bits per heavy atom. The largest absolute Gasteiger partial charge is 0.508 e. The van der Waals surface area contributed by atoms with Crippen LogP contribution in [0.3, 0.4) is 0 Å². The van der Waals surface area contributed by atoms with Crippen molar-refractivity contribution in [2.75, 3.05) is 6.54 Å². The molecule has 0 radical (unpaired) electrons. The Labute approximate surface area is 156 Å². The molecule has 0 bridgehead atoms. The number of benzene rings is 2. The van der Waals surface area contributed by atoms with E-state index < -0.39 is 0 Å². The summed E-state index contributed by atoms with van der Waals surface area (Å²) in [5.41, 5.74) is 0.956. The SMILES string of the molecule is CCNC(=O)Cc1cc(I)c(Oc2ccc(O)cc2)c(I)c1. The van der Waals surface area contributed by atoms with Crippen LogP contribution in [0.1, 0.15) is 12.5 Å². The molecule has 0 aliphatic carbocycles. The minimum atomic E-state index is 0.0151. The third-order valence-corrected chi connectivity index (χ3v) is 4.46. The number of hydrogen-bond donors (Lipinski definition) is 2. The minimum absolute atomic E-state index is 0.0151. The number of likely N-dealkylation sites (N-methyl/N-ethyl adjacent to an activating group) is 1. The van der Waals surface area contributed by atoms with Crippen molar-refractivity contribution in [3.8, 4) is 17.2 Å². The molecule has 2 aromatic carbocycles. The van der Waals surface area contributed by atoms with Crippen molar-refractivity contribution in [3.05, 3.63) is 49.1 Å². The molecule has 0 saturated carbocycles. The van der Waals surface area contributed by atoms with Gasteiger partial charge in [-0.05, 0) is 94.1 Å². The number of rotatable bonds is 5. The molecule has 0 unspecified atom stereocenters. The maximum atomic E-state index is 11.7. The van der Waals surface area contributed by atoms with Gasteiger partial charge in [-0.25, -0.2) is 0 Å². The summed E-state index contributed by atoms with van der Waals surface area (Å²) in [6.07, 6.45) is 0.360. The molecule has 0 fully saturated rings. The monoisotopic (exact) mass is 523 g/mol. The summed E-state index contributed by atoms with van der Waals surface area (Å²) in [4.78, 5) is 11.7. The van der Waals surface area contributed by atoms with Crippen LogP contribution in [-0.2, 0) is 11.2 Å². The van der Waals surface area contributed by atoms with E-state index in [0.717, 1.165) is 18.5 Å². The molecule has 1 amide bonds. The Hall–Kier alpha value is -1.03. The van der Waals surface area contributed by atoms with E-state index in [1.807, 2.05) is 19.1 Å². The lowest BCUT2D eigenvalue weighted by Crippen LogP contribution is -2.24. The average Bonchev–Trinajstić information content (AvgIpc) is 2.45. The van der Waals surface area contributed by atoms with Gasteiger partial charge in [0.05, 0.1) is 13.6 Å². The zero-order valence-corrected chi connectivity index (χ0v) is 16.2. The maximum absolute atomic E-state index is 11.7. The van der Waals surface area contributed by atoms with E-state index in [9.17, 15) is 9.90 Å². The minimum Gasteiger partial charge on any atom is -0.508 e. The van der Waals surface area contributed by atoms with Gasteiger partial charge in [-0.3, -0.25) is 4.79 Å². The maximum Gasteiger partial charge on any atom is 0.224 e. The van der Waals surface area contributed by atoms with Crippen molar-refractivity contribution in [1.82, 2.24) is 5.32 Å². The number of ether oxygens (including phenoxy) is 1. The number of halogens is 2. The number of hydrogen-bond acceptors (Lipinski definition) is 3. The van der Waals surface area contributed by atoms with Crippen LogP contribution in [0.4, 0.5) is 0 Å². The van der Waals surface area contributed by atoms with E-state index in [-0.39, 0.29) is 11.7 Å². The van der Waals surface area contributed by atoms with E-state index >= 15 is 0 Å². The Morgan fingerprint density at radius 2 is 1.77 bits per heavy atom. The first-order valence-corrected chi connectivity index (χ1v) is 8.87. The van der Waals surface area contributed by atoms with Crippen LogP contribution in [0.25, 0.3) is 0 Å². The Kier molecular flexibility index (Phi) is 6.30. The standard InChI is InChI=1S/C16H15I2NO3/c1-2-19-15(21)9-10-7-13(17)16(14(18)8-10)22-12-5-3-11(20)4-6-12/h3-8,20H,2,9H2,1H3,(H,19,21). The summed E-state index contributed by atoms with van der Waals surface area (Å²) in [6.45, 7) is 2.54. The smallest absolute Gasteiger partial charge is 0.224 e. The molecule has 2 rings (SSSR count). The van der Waals surface area contributed by atoms with Crippen molar-refractivity contribution in [2.45, 2.75) is 13.3 Å². The molecule has 0 atom stereocenters. The summed E-state index contributed by atoms with van der Waals surface area (Å²) in [5, 5.41) is 12.1. The Morgan fingerprint density at radius 3 is 2.32 bits per heavy atom. The highest BCUT2D eigenvalue weighted by molar-refractivity contribution is 14.1. The van der Waals surface area contributed by atoms with Gasteiger partial charge in [0.15, 0.2) is 5.75 Å². The molecule has 2 aromatic rings. The summed E-state index contributed by atoms with van der Waals surface area (Å²) < 4.78 is 7.76. The van der Waals surface area contributed by atoms with Gasteiger partial charge in [0.2, 0.25) is 5.91 Å². The zero-order valence-electron chi connectivity index (χ0n) is 11.9. The highest BCUT2D eigenvalue weighted by Gasteiger charge is 2.12. The fourth-order valence-corrected chi connectivity index (χ4v) is 4.01. The molecule has 6 heteroatoms. The summed E-state index contributed by atoms with van der Waals surface area (Å²) in [5.74, 6) is 1.63. The quantitative estimate of drug-likeness (QED) is 0.582. The number of nitrogens with one attached hydrogen (secondary N) is 1. The molecule has 0 heterocycles. The Balaban J connectivity index is 2.19. The van der Waals surface area contributed by atoms with E-state index in [0.29, 0.717) is 18.7 Å². The van der Waals surface area contributed by atoms with Crippen molar-refractivity contribution >= 4 is 51.1 Å². The molecule has 4 nitrogen and oxygen atoms in total. The van der Waals surface area contributed by atoms with E-state index in [1.54, 1.807) is 24.3 Å². The first-order valence-electron chi connectivity index (χ1n) is 6.71. The van der Waals surface area contributed by atoms with Gasteiger partial charge in [-0.2, -0.15) is 0 Å². The fraction of sp³-hybridized carbons (Fsp3) is 0.188. The second-order valence-corrected chi connectivity index (χ2v) is 6.94. The molecule has 116 valence electrons. The van der Waals surface area contributed by atoms with Crippen LogP contribution in [0.15, 0.2) is 36.4 Å². The second kappa shape index (κ2) is 8.00.